The fourth-order valence-electron chi connectivity index (χ4n) is 1.63. The summed E-state index contributed by atoms with van der Waals surface area (Å²) in [5.74, 6) is 4.15. The molecular weight excluding hydrogens is 260 g/mol. The Kier molecular flexibility index (Phi) is 4.70. The van der Waals surface area contributed by atoms with Gasteiger partial charge in [0.25, 0.3) is 0 Å². The van der Waals surface area contributed by atoms with E-state index in [1.807, 2.05) is 24.3 Å². The first-order valence-electron chi connectivity index (χ1n) is 6.05. The second-order valence-corrected chi connectivity index (χ2v) is 4.07. The van der Waals surface area contributed by atoms with E-state index in [0.717, 1.165) is 23.3 Å². The van der Waals surface area contributed by atoms with Crippen molar-refractivity contribution >= 4 is 0 Å². The van der Waals surface area contributed by atoms with Crippen molar-refractivity contribution in [3.63, 3.8) is 0 Å². The van der Waals surface area contributed by atoms with Crippen LogP contribution in [0.4, 0.5) is 8.78 Å². The van der Waals surface area contributed by atoms with E-state index in [-0.39, 0.29) is 12.4 Å². The number of halogens is 2. The average molecular weight is 273 g/mol. The Labute approximate surface area is 116 Å². The Morgan fingerprint density at radius 2 is 1.90 bits per heavy atom. The second kappa shape index (κ2) is 6.69. The molecule has 2 N–H and O–H groups in total. The lowest BCUT2D eigenvalue weighted by Crippen LogP contribution is -1.97. The summed E-state index contributed by atoms with van der Waals surface area (Å²) in [5, 5.41) is 0. The van der Waals surface area contributed by atoms with Crippen molar-refractivity contribution in [2.75, 3.05) is 6.54 Å². The molecule has 102 valence electrons. The molecule has 0 spiro atoms. The molecule has 0 aliphatic heterocycles. The molecule has 0 bridgehead atoms. The van der Waals surface area contributed by atoms with Crippen molar-refractivity contribution in [1.82, 2.24) is 0 Å². The van der Waals surface area contributed by atoms with Gasteiger partial charge in [0.05, 0.1) is 6.54 Å². The molecule has 0 aromatic heterocycles. The predicted octanol–water partition coefficient (Wildman–Crippen LogP) is 2.85. The number of hydrogen-bond donors (Lipinski definition) is 1. The van der Waals surface area contributed by atoms with Gasteiger partial charge in [0, 0.05) is 11.6 Å². The first-order valence-corrected chi connectivity index (χ1v) is 6.05. The van der Waals surface area contributed by atoms with Crippen LogP contribution in [0.25, 0.3) is 0 Å². The van der Waals surface area contributed by atoms with Crippen LogP contribution in [-0.2, 0) is 6.61 Å². The van der Waals surface area contributed by atoms with Crippen molar-refractivity contribution in [2.24, 2.45) is 5.73 Å². The van der Waals surface area contributed by atoms with Gasteiger partial charge < -0.3 is 10.5 Å². The third-order valence-corrected chi connectivity index (χ3v) is 2.56. The summed E-state index contributed by atoms with van der Waals surface area (Å²) in [4.78, 5) is 0. The molecule has 2 nitrogen and oxygen atoms in total. The molecule has 0 unspecified atom stereocenters. The molecule has 0 fully saturated rings. The molecule has 0 atom stereocenters. The number of nitrogens with two attached hydrogens (primary N) is 1. The van der Waals surface area contributed by atoms with Crippen LogP contribution in [0.1, 0.15) is 11.1 Å². The smallest absolute Gasteiger partial charge is 0.162 e. The van der Waals surface area contributed by atoms with E-state index < -0.39 is 11.6 Å². The van der Waals surface area contributed by atoms with Gasteiger partial charge in [-0.15, -0.1) is 0 Å². The third-order valence-electron chi connectivity index (χ3n) is 2.56. The molecule has 0 heterocycles. The zero-order valence-electron chi connectivity index (χ0n) is 10.7. The Morgan fingerprint density at radius 1 is 1.05 bits per heavy atom. The monoisotopic (exact) mass is 273 g/mol. The van der Waals surface area contributed by atoms with Crippen LogP contribution in [0, 0.1) is 23.5 Å². The van der Waals surface area contributed by atoms with Gasteiger partial charge in [-0.1, -0.05) is 24.0 Å². The van der Waals surface area contributed by atoms with Gasteiger partial charge in [-0.3, -0.25) is 0 Å². The minimum atomic E-state index is -0.926. The topological polar surface area (TPSA) is 35.2 Å². The molecule has 0 aliphatic carbocycles. The summed E-state index contributed by atoms with van der Waals surface area (Å²) in [6.07, 6.45) is 0. The lowest BCUT2D eigenvalue weighted by atomic mass is 10.1. The van der Waals surface area contributed by atoms with E-state index >= 15 is 0 Å². The molecule has 0 saturated carbocycles. The number of hydrogen-bond acceptors (Lipinski definition) is 2. The maximum Gasteiger partial charge on any atom is 0.162 e. The molecule has 0 aliphatic rings. The standard InChI is InChI=1S/C16H13F2NO/c17-15-7-6-14(10-16(15)18)20-11-13-4-1-3-12(9-13)5-2-8-19/h1,3-4,6-7,9-10H,8,11,19H2. The molecule has 2 aromatic rings. The van der Waals surface area contributed by atoms with Crippen LogP contribution >= 0.6 is 0 Å². The van der Waals surface area contributed by atoms with Crippen LogP contribution in [-0.4, -0.2) is 6.54 Å². The molecule has 4 heteroatoms. The molecule has 20 heavy (non-hydrogen) atoms. The summed E-state index contributed by atoms with van der Waals surface area (Å²) in [5.41, 5.74) is 7.03. The first kappa shape index (κ1) is 14.0. The van der Waals surface area contributed by atoms with Crippen LogP contribution in [0.2, 0.25) is 0 Å². The lowest BCUT2D eigenvalue weighted by Gasteiger charge is -2.07. The predicted molar refractivity (Wildman–Crippen MR) is 73.1 cm³/mol. The fraction of sp³-hybridized carbons (Fsp3) is 0.125. The Hall–Kier alpha value is -2.38. The van der Waals surface area contributed by atoms with E-state index in [1.54, 1.807) is 0 Å². The van der Waals surface area contributed by atoms with Crippen LogP contribution in [0.5, 0.6) is 5.75 Å². The lowest BCUT2D eigenvalue weighted by molar-refractivity contribution is 0.303. The average Bonchev–Trinajstić information content (AvgIpc) is 2.47. The SMILES string of the molecule is NCC#Cc1cccc(COc2ccc(F)c(F)c2)c1. The van der Waals surface area contributed by atoms with E-state index in [9.17, 15) is 8.78 Å². The molecule has 2 rings (SSSR count). The van der Waals surface area contributed by atoms with E-state index in [4.69, 9.17) is 10.5 Å². The van der Waals surface area contributed by atoms with Crippen molar-refractivity contribution in [3.8, 4) is 17.6 Å². The van der Waals surface area contributed by atoms with Crippen LogP contribution in [0.15, 0.2) is 42.5 Å². The Bertz CT molecular complexity index is 659. The highest BCUT2D eigenvalue weighted by Gasteiger charge is 2.03. The van der Waals surface area contributed by atoms with E-state index in [1.165, 1.54) is 6.07 Å². The minimum Gasteiger partial charge on any atom is -0.489 e. The number of rotatable bonds is 3. The highest BCUT2D eigenvalue weighted by Crippen LogP contribution is 2.17. The molecular formula is C16H13F2NO. The Morgan fingerprint density at radius 3 is 2.65 bits per heavy atom. The molecule has 0 saturated heterocycles. The van der Waals surface area contributed by atoms with Gasteiger partial charge in [0.15, 0.2) is 11.6 Å². The highest BCUT2D eigenvalue weighted by atomic mass is 19.2. The summed E-state index contributed by atoms with van der Waals surface area (Å²) >= 11 is 0. The summed E-state index contributed by atoms with van der Waals surface area (Å²) < 4.78 is 31.2. The van der Waals surface area contributed by atoms with E-state index in [2.05, 4.69) is 11.8 Å². The number of benzene rings is 2. The quantitative estimate of drug-likeness (QED) is 0.873. The van der Waals surface area contributed by atoms with E-state index in [0.29, 0.717) is 6.54 Å². The van der Waals surface area contributed by atoms with Crippen LogP contribution < -0.4 is 10.5 Å². The van der Waals surface area contributed by atoms with Gasteiger partial charge in [0.2, 0.25) is 0 Å². The molecule has 2 aromatic carbocycles. The van der Waals surface area contributed by atoms with Crippen molar-refractivity contribution in [3.05, 3.63) is 65.2 Å². The summed E-state index contributed by atoms with van der Waals surface area (Å²) in [6.45, 7) is 0.554. The summed E-state index contributed by atoms with van der Waals surface area (Å²) in [6, 6.07) is 10.9. The zero-order chi connectivity index (χ0) is 14.4. The van der Waals surface area contributed by atoms with Gasteiger partial charge in [-0.05, 0) is 29.8 Å². The van der Waals surface area contributed by atoms with Crippen molar-refractivity contribution in [2.45, 2.75) is 6.61 Å². The minimum absolute atomic E-state index is 0.253. The molecule has 0 amide bonds. The van der Waals surface area contributed by atoms with Gasteiger partial charge in [0.1, 0.15) is 12.4 Å². The normalized spacial score (nSPS) is 9.75. The highest BCUT2D eigenvalue weighted by molar-refractivity contribution is 5.37. The second-order valence-electron chi connectivity index (χ2n) is 4.07. The Balaban J connectivity index is 2.05. The third kappa shape index (κ3) is 3.81. The fourth-order valence-corrected chi connectivity index (χ4v) is 1.63. The van der Waals surface area contributed by atoms with Gasteiger partial charge in [-0.2, -0.15) is 0 Å². The zero-order valence-corrected chi connectivity index (χ0v) is 10.7. The van der Waals surface area contributed by atoms with Gasteiger partial charge in [-0.25, -0.2) is 8.78 Å². The van der Waals surface area contributed by atoms with Crippen molar-refractivity contribution in [1.29, 1.82) is 0 Å². The number of ether oxygens (including phenoxy) is 1. The van der Waals surface area contributed by atoms with Crippen molar-refractivity contribution < 1.29 is 13.5 Å². The largest absolute Gasteiger partial charge is 0.489 e. The molecule has 0 radical (unpaired) electrons. The van der Waals surface area contributed by atoms with Gasteiger partial charge >= 0.3 is 0 Å². The first-order chi connectivity index (χ1) is 9.69. The summed E-state index contributed by atoms with van der Waals surface area (Å²) in [7, 11) is 0. The van der Waals surface area contributed by atoms with Crippen LogP contribution in [0.3, 0.4) is 0 Å². The maximum atomic E-state index is 13.0. The maximum absolute atomic E-state index is 13.0.